The summed E-state index contributed by atoms with van der Waals surface area (Å²) in [5.41, 5.74) is 1.96. The van der Waals surface area contributed by atoms with Crippen molar-refractivity contribution in [3.8, 4) is 0 Å². The van der Waals surface area contributed by atoms with E-state index in [9.17, 15) is 14.3 Å². The molecular formula is C17H19FN2O4. The van der Waals surface area contributed by atoms with Crippen LogP contribution < -0.4 is 0 Å². The largest absolute Gasteiger partial charge is 0.466 e. The monoisotopic (exact) mass is 334 g/mol. The zero-order chi connectivity index (χ0) is 16.8. The van der Waals surface area contributed by atoms with Crippen LogP contribution in [0.2, 0.25) is 0 Å². The number of aromatic nitrogens is 1. The van der Waals surface area contributed by atoms with Crippen LogP contribution in [0.25, 0.3) is 11.1 Å². The third kappa shape index (κ3) is 2.57. The predicted molar refractivity (Wildman–Crippen MR) is 82.8 cm³/mol. The number of hydrogen-bond acceptors (Lipinski definition) is 6. The van der Waals surface area contributed by atoms with Crippen LogP contribution in [0.15, 0.2) is 10.5 Å². The Hall–Kier alpha value is -1.99. The quantitative estimate of drug-likeness (QED) is 0.853. The van der Waals surface area contributed by atoms with Crippen LogP contribution in [0.5, 0.6) is 0 Å². The van der Waals surface area contributed by atoms with E-state index in [1.807, 2.05) is 11.0 Å². The van der Waals surface area contributed by atoms with Crippen LogP contribution in [0, 0.1) is 11.7 Å². The molecule has 2 aliphatic rings. The highest BCUT2D eigenvalue weighted by atomic mass is 19.1. The van der Waals surface area contributed by atoms with Crippen molar-refractivity contribution in [3.63, 3.8) is 0 Å². The molecule has 2 aromatic rings. The number of hydrogen-bond donors (Lipinski definition) is 1. The maximum Gasteiger partial charge on any atom is 0.309 e. The number of ether oxygens (including phenoxy) is 1. The molecule has 4 rings (SSSR count). The van der Waals surface area contributed by atoms with Gasteiger partial charge in [-0.15, -0.1) is 0 Å². The van der Waals surface area contributed by atoms with Gasteiger partial charge in [0.1, 0.15) is 5.52 Å². The van der Waals surface area contributed by atoms with Gasteiger partial charge < -0.3 is 14.3 Å². The van der Waals surface area contributed by atoms with Gasteiger partial charge in [0.25, 0.3) is 0 Å². The van der Waals surface area contributed by atoms with Crippen LogP contribution in [0.3, 0.4) is 0 Å². The molecule has 7 heteroatoms. The van der Waals surface area contributed by atoms with Gasteiger partial charge in [-0.25, -0.2) is 9.37 Å². The molecule has 0 spiro atoms. The number of esters is 1. The summed E-state index contributed by atoms with van der Waals surface area (Å²) in [6, 6.07) is 1.81. The minimum absolute atomic E-state index is 0.148. The average molecular weight is 334 g/mol. The van der Waals surface area contributed by atoms with Crippen molar-refractivity contribution in [3.05, 3.63) is 28.9 Å². The SMILES string of the molecule is CCOC(=O)C1Cc2cc3nc(CN4CC(O)C4)oc3c(F)c2C1. The zero-order valence-corrected chi connectivity index (χ0v) is 13.4. The van der Waals surface area contributed by atoms with Gasteiger partial charge in [-0.05, 0) is 37.0 Å². The molecule has 24 heavy (non-hydrogen) atoms. The zero-order valence-electron chi connectivity index (χ0n) is 13.4. The molecule has 0 bridgehead atoms. The predicted octanol–water partition coefficient (Wildman–Crippen LogP) is 1.42. The van der Waals surface area contributed by atoms with Crippen LogP contribution in [-0.2, 0) is 28.9 Å². The highest BCUT2D eigenvalue weighted by Crippen LogP contribution is 2.34. The van der Waals surface area contributed by atoms with Crippen molar-refractivity contribution in [1.29, 1.82) is 0 Å². The molecule has 2 heterocycles. The third-order valence-electron chi connectivity index (χ3n) is 4.69. The third-order valence-corrected chi connectivity index (χ3v) is 4.69. The fourth-order valence-corrected chi connectivity index (χ4v) is 3.51. The minimum atomic E-state index is -0.420. The van der Waals surface area contributed by atoms with Gasteiger partial charge in [-0.2, -0.15) is 0 Å². The summed E-state index contributed by atoms with van der Waals surface area (Å²) in [7, 11) is 0. The summed E-state index contributed by atoms with van der Waals surface area (Å²) in [6.45, 7) is 3.71. The summed E-state index contributed by atoms with van der Waals surface area (Å²) in [5, 5.41) is 9.31. The van der Waals surface area contributed by atoms with Crippen LogP contribution >= 0.6 is 0 Å². The molecule has 6 nitrogen and oxygen atoms in total. The molecule has 128 valence electrons. The number of β-amino-alcohol motifs (C(OH)–C–C–N with tert-alkyl or cyclic N) is 1. The number of rotatable bonds is 4. The van der Waals surface area contributed by atoms with Gasteiger partial charge >= 0.3 is 5.97 Å². The average Bonchev–Trinajstić information content (AvgIpc) is 3.10. The lowest BCUT2D eigenvalue weighted by atomic mass is 10.1. The topological polar surface area (TPSA) is 75.8 Å². The van der Waals surface area contributed by atoms with Gasteiger partial charge in [-0.3, -0.25) is 9.69 Å². The van der Waals surface area contributed by atoms with Gasteiger partial charge in [0.15, 0.2) is 11.4 Å². The molecule has 0 radical (unpaired) electrons. The van der Waals surface area contributed by atoms with E-state index >= 15 is 0 Å². The lowest BCUT2D eigenvalue weighted by Crippen LogP contribution is -2.49. The summed E-state index contributed by atoms with van der Waals surface area (Å²) in [6.07, 6.45) is 0.515. The van der Waals surface area contributed by atoms with Gasteiger partial charge in [0, 0.05) is 13.1 Å². The first-order chi connectivity index (χ1) is 11.5. The van der Waals surface area contributed by atoms with Crippen molar-refractivity contribution >= 4 is 17.1 Å². The number of aliphatic hydroxyl groups excluding tert-OH is 1. The minimum Gasteiger partial charge on any atom is -0.466 e. The molecule has 0 amide bonds. The maximum absolute atomic E-state index is 14.8. The first-order valence-electron chi connectivity index (χ1n) is 8.22. The Balaban J connectivity index is 1.58. The smallest absolute Gasteiger partial charge is 0.309 e. The molecule has 1 N–H and O–H groups in total. The van der Waals surface area contributed by atoms with Crippen molar-refractivity contribution in [1.82, 2.24) is 9.88 Å². The molecule has 1 atom stereocenters. The standard InChI is InChI=1S/C17H19FN2O4/c1-2-23-17(22)10-3-9-5-13-16(15(18)12(9)4-10)24-14(19-13)8-20-6-11(21)7-20/h5,10-11,21H,2-4,6-8H2,1H3. The molecule has 1 aliphatic heterocycles. The Morgan fingerprint density at radius 1 is 1.50 bits per heavy atom. The van der Waals surface area contributed by atoms with Gasteiger partial charge in [0.05, 0.1) is 25.2 Å². The summed E-state index contributed by atoms with van der Waals surface area (Å²) in [5.74, 6) is -0.587. The molecule has 1 fully saturated rings. The van der Waals surface area contributed by atoms with Crippen molar-refractivity contribution < 1.29 is 23.4 Å². The van der Waals surface area contributed by atoms with Crippen molar-refractivity contribution in [2.24, 2.45) is 5.92 Å². The summed E-state index contributed by atoms with van der Waals surface area (Å²) >= 11 is 0. The number of carbonyl (C=O) groups is 1. The number of nitrogens with zero attached hydrogens (tertiary/aromatic N) is 2. The molecule has 1 aromatic heterocycles. The fourth-order valence-electron chi connectivity index (χ4n) is 3.51. The molecule has 1 saturated heterocycles. The number of halogens is 1. The highest BCUT2D eigenvalue weighted by molar-refractivity contribution is 5.79. The Kier molecular flexibility index (Phi) is 3.77. The normalized spacial score (nSPS) is 21.0. The Morgan fingerprint density at radius 2 is 2.29 bits per heavy atom. The molecular weight excluding hydrogens is 315 g/mol. The van der Waals surface area contributed by atoms with Gasteiger partial charge in [-0.1, -0.05) is 0 Å². The Bertz CT molecular complexity index is 797. The second-order valence-electron chi connectivity index (χ2n) is 6.49. The molecule has 1 unspecified atom stereocenters. The second-order valence-corrected chi connectivity index (χ2v) is 6.49. The molecule has 1 aliphatic carbocycles. The number of fused-ring (bicyclic) bond motifs is 2. The van der Waals surface area contributed by atoms with Crippen LogP contribution in [-0.4, -0.2) is 46.8 Å². The van der Waals surface area contributed by atoms with Gasteiger partial charge in [0.2, 0.25) is 5.89 Å². The number of benzene rings is 1. The Morgan fingerprint density at radius 3 is 3.00 bits per heavy atom. The number of oxazole rings is 1. The maximum atomic E-state index is 14.8. The van der Waals surface area contributed by atoms with Crippen LogP contribution in [0.1, 0.15) is 23.9 Å². The van der Waals surface area contributed by atoms with E-state index in [1.165, 1.54) is 0 Å². The second kappa shape index (κ2) is 5.82. The number of carbonyl (C=O) groups excluding carboxylic acids is 1. The lowest BCUT2D eigenvalue weighted by Gasteiger charge is -2.34. The van der Waals surface area contributed by atoms with E-state index in [0.29, 0.717) is 56.1 Å². The summed E-state index contributed by atoms with van der Waals surface area (Å²) in [4.78, 5) is 18.2. The van der Waals surface area contributed by atoms with E-state index in [4.69, 9.17) is 9.15 Å². The van der Waals surface area contributed by atoms with E-state index in [2.05, 4.69) is 4.98 Å². The molecule has 1 aromatic carbocycles. The molecule has 0 saturated carbocycles. The van der Waals surface area contributed by atoms with Crippen molar-refractivity contribution in [2.75, 3.05) is 19.7 Å². The fraction of sp³-hybridized carbons (Fsp3) is 0.529. The lowest BCUT2D eigenvalue weighted by molar-refractivity contribution is -0.147. The van der Waals surface area contributed by atoms with E-state index in [1.54, 1.807) is 6.92 Å². The van der Waals surface area contributed by atoms with E-state index < -0.39 is 5.82 Å². The Labute approximate surface area is 138 Å². The van der Waals surface area contributed by atoms with E-state index in [0.717, 1.165) is 5.56 Å². The number of aliphatic hydroxyl groups is 1. The highest BCUT2D eigenvalue weighted by Gasteiger charge is 2.33. The van der Waals surface area contributed by atoms with Crippen molar-refractivity contribution in [2.45, 2.75) is 32.4 Å². The first kappa shape index (κ1) is 15.5. The number of likely N-dealkylation sites (tertiary alicyclic amines) is 1. The van der Waals surface area contributed by atoms with Crippen LogP contribution in [0.4, 0.5) is 4.39 Å². The van der Waals surface area contributed by atoms with E-state index in [-0.39, 0.29) is 23.6 Å². The first-order valence-corrected chi connectivity index (χ1v) is 8.22. The summed E-state index contributed by atoms with van der Waals surface area (Å²) < 4.78 is 25.4.